The largest absolute Gasteiger partial charge is 0.423 e. The summed E-state index contributed by atoms with van der Waals surface area (Å²) in [6.45, 7) is 0. The summed E-state index contributed by atoms with van der Waals surface area (Å²) in [5.41, 5.74) is 6.73. The van der Waals surface area contributed by atoms with Crippen molar-refractivity contribution in [2.75, 3.05) is 0 Å². The Kier molecular flexibility index (Phi) is 13.1. The highest BCUT2D eigenvalue weighted by molar-refractivity contribution is 7.97. The summed E-state index contributed by atoms with van der Waals surface area (Å²) in [6.07, 6.45) is 0. The van der Waals surface area contributed by atoms with E-state index in [0.717, 1.165) is 48.1 Å². The topological polar surface area (TPSA) is 105 Å². The molecule has 0 amide bonds. The van der Waals surface area contributed by atoms with Crippen molar-refractivity contribution in [3.8, 4) is 34.1 Å². The number of hydrogen-bond donors (Lipinski definition) is 0. The Morgan fingerprint density at radius 1 is 0.284 bits per heavy atom. The summed E-state index contributed by atoms with van der Waals surface area (Å²) < 4.78 is 23.4. The second kappa shape index (κ2) is 20.6. The van der Waals surface area contributed by atoms with E-state index < -0.39 is 40.2 Å². The summed E-state index contributed by atoms with van der Waals surface area (Å²) in [4.78, 5) is 55.6. The van der Waals surface area contributed by atoms with Gasteiger partial charge in [-0.25, -0.2) is 19.2 Å². The normalized spacial score (nSPS) is 12.0. The van der Waals surface area contributed by atoms with Gasteiger partial charge in [-0.2, -0.15) is 0 Å². The minimum atomic E-state index is -0.939. The van der Waals surface area contributed by atoms with Crippen molar-refractivity contribution in [2.24, 2.45) is 0 Å². The van der Waals surface area contributed by atoms with E-state index in [1.54, 1.807) is 121 Å². The zero-order valence-electron chi connectivity index (χ0n) is 39.5. The predicted octanol–water partition coefficient (Wildman–Crippen LogP) is 14.0. The molecular formula is C65H43O8S+. The molecule has 0 saturated heterocycles. The Labute approximate surface area is 430 Å². The maximum Gasteiger partial charge on any atom is 0.343 e. The van der Waals surface area contributed by atoms with Crippen molar-refractivity contribution in [3.05, 3.63) is 305 Å². The molecule has 0 bridgehead atoms. The molecule has 0 spiro atoms. The van der Waals surface area contributed by atoms with E-state index in [-0.39, 0.29) is 0 Å². The van der Waals surface area contributed by atoms with Gasteiger partial charge in [-0.05, 0) is 173 Å². The number of benzene rings is 10. The summed E-state index contributed by atoms with van der Waals surface area (Å²) in [5, 5.41) is 0. The first-order chi connectivity index (χ1) is 36.3. The number of fused-ring (bicyclic) bond motifs is 3. The van der Waals surface area contributed by atoms with Gasteiger partial charge in [0.05, 0.1) is 38.6 Å². The summed E-state index contributed by atoms with van der Waals surface area (Å²) in [7, 11) is -0.785. The van der Waals surface area contributed by atoms with Crippen LogP contribution in [0.5, 0.6) is 23.0 Å². The van der Waals surface area contributed by atoms with Crippen LogP contribution in [0.2, 0.25) is 0 Å². The number of carbonyl (C=O) groups excluding carboxylic acids is 4. The predicted molar refractivity (Wildman–Crippen MR) is 284 cm³/mol. The van der Waals surface area contributed by atoms with E-state index in [4.69, 9.17) is 18.9 Å². The van der Waals surface area contributed by atoms with Gasteiger partial charge in [-0.3, -0.25) is 0 Å². The van der Waals surface area contributed by atoms with E-state index in [0.29, 0.717) is 45.3 Å². The van der Waals surface area contributed by atoms with Gasteiger partial charge >= 0.3 is 23.9 Å². The van der Waals surface area contributed by atoms with Crippen LogP contribution in [0.3, 0.4) is 0 Å². The average molecular weight is 984 g/mol. The molecule has 0 saturated carbocycles. The average Bonchev–Trinajstić information content (AvgIpc) is 3.76. The molecule has 0 radical (unpaired) electrons. The van der Waals surface area contributed by atoms with Crippen molar-refractivity contribution in [2.45, 2.75) is 20.1 Å². The standard InChI is InChI=1S/C65H43O8S/c66-61(44-15-5-1-6-16-44)70-50-29-25-48(26-30-50)65(49-27-31-51(32-28-49)71-62(67)45-17-7-2-8-18-45)59-24-14-13-23-57(59)58-42-41-56(43-60(58)65)74(54-37-33-52(34-38-54)72-63(68)46-19-9-3-10-20-46)55-39-35-53(36-40-55)73-64(69)47-21-11-4-12-22-47/h1-43H/q+1. The first kappa shape index (κ1) is 46.8. The van der Waals surface area contributed by atoms with Gasteiger partial charge in [0, 0.05) is 0 Å². The fourth-order valence-corrected chi connectivity index (χ4v) is 11.4. The molecule has 8 nitrogen and oxygen atoms in total. The molecule has 9 heteroatoms. The molecule has 10 aromatic carbocycles. The second-order valence-corrected chi connectivity index (χ2v) is 19.3. The smallest absolute Gasteiger partial charge is 0.343 e. The molecule has 74 heavy (non-hydrogen) atoms. The van der Waals surface area contributed by atoms with Gasteiger partial charge in [0.15, 0.2) is 14.7 Å². The Hall–Kier alpha value is -9.57. The molecule has 0 unspecified atom stereocenters. The zero-order valence-corrected chi connectivity index (χ0v) is 40.3. The minimum absolute atomic E-state index is 0.388. The van der Waals surface area contributed by atoms with Crippen LogP contribution in [0, 0.1) is 0 Å². The fourth-order valence-electron chi connectivity index (χ4n) is 9.38. The number of rotatable bonds is 13. The van der Waals surface area contributed by atoms with E-state index in [1.807, 2.05) is 109 Å². The van der Waals surface area contributed by atoms with E-state index in [2.05, 4.69) is 30.3 Å². The van der Waals surface area contributed by atoms with Crippen LogP contribution in [0.25, 0.3) is 11.1 Å². The highest BCUT2D eigenvalue weighted by Gasteiger charge is 2.47. The first-order valence-corrected chi connectivity index (χ1v) is 25.0. The van der Waals surface area contributed by atoms with Crippen LogP contribution < -0.4 is 18.9 Å². The maximum absolute atomic E-state index is 13.2. The summed E-state index contributed by atoms with van der Waals surface area (Å²) in [6, 6.07) is 80.8. The highest BCUT2D eigenvalue weighted by atomic mass is 32.2. The monoisotopic (exact) mass is 983 g/mol. The van der Waals surface area contributed by atoms with Gasteiger partial charge in [-0.1, -0.05) is 121 Å². The van der Waals surface area contributed by atoms with Crippen LogP contribution in [-0.4, -0.2) is 23.9 Å². The van der Waals surface area contributed by atoms with E-state index in [1.165, 1.54) is 0 Å². The molecule has 0 fully saturated rings. The third-order valence-electron chi connectivity index (χ3n) is 12.8. The third kappa shape index (κ3) is 9.39. The van der Waals surface area contributed by atoms with Crippen molar-refractivity contribution < 1.29 is 38.1 Å². The molecule has 1 aliphatic rings. The zero-order chi connectivity index (χ0) is 50.4. The highest BCUT2D eigenvalue weighted by Crippen LogP contribution is 2.57. The lowest BCUT2D eigenvalue weighted by Gasteiger charge is -2.34. The lowest BCUT2D eigenvalue weighted by Crippen LogP contribution is -2.29. The Morgan fingerprint density at radius 3 is 0.946 bits per heavy atom. The van der Waals surface area contributed by atoms with Gasteiger partial charge in [0.1, 0.15) is 23.0 Å². The molecule has 11 rings (SSSR count). The van der Waals surface area contributed by atoms with Gasteiger partial charge < -0.3 is 18.9 Å². The molecule has 356 valence electrons. The van der Waals surface area contributed by atoms with Crippen LogP contribution in [-0.2, 0) is 16.3 Å². The summed E-state index contributed by atoms with van der Waals surface area (Å²) in [5.74, 6) is -0.285. The SMILES string of the molecule is O=C(Oc1ccc([S+](c2ccc(OC(=O)c3ccccc3)cc2)c2ccc3c(c2)C(c2ccc(OC(=O)c4ccccc4)cc2)(c2ccc(OC(=O)c4ccccc4)cc2)c2ccccc2-3)cc1)c1ccccc1. The Bertz CT molecular complexity index is 3450. The summed E-state index contributed by atoms with van der Waals surface area (Å²) >= 11 is 0. The lowest BCUT2D eigenvalue weighted by atomic mass is 9.67. The second-order valence-electron chi connectivity index (χ2n) is 17.3. The number of hydrogen-bond acceptors (Lipinski definition) is 8. The van der Waals surface area contributed by atoms with E-state index >= 15 is 0 Å². The number of carbonyl (C=O) groups is 4. The fraction of sp³-hybridized carbons (Fsp3) is 0.0154. The molecule has 10 aromatic rings. The van der Waals surface area contributed by atoms with Gasteiger partial charge in [0.25, 0.3) is 0 Å². The van der Waals surface area contributed by atoms with Crippen LogP contribution >= 0.6 is 0 Å². The van der Waals surface area contributed by atoms with Gasteiger partial charge in [-0.15, -0.1) is 0 Å². The van der Waals surface area contributed by atoms with Crippen molar-refractivity contribution in [1.29, 1.82) is 0 Å². The van der Waals surface area contributed by atoms with Crippen LogP contribution in [0.15, 0.2) is 276 Å². The van der Waals surface area contributed by atoms with Crippen molar-refractivity contribution >= 4 is 34.8 Å². The maximum atomic E-state index is 13.2. The van der Waals surface area contributed by atoms with Gasteiger partial charge in [0.2, 0.25) is 0 Å². The third-order valence-corrected chi connectivity index (χ3v) is 15.0. The number of ether oxygens (including phenoxy) is 4. The Balaban J connectivity index is 1.03. The molecule has 0 N–H and O–H groups in total. The van der Waals surface area contributed by atoms with E-state index in [9.17, 15) is 19.2 Å². The lowest BCUT2D eigenvalue weighted by molar-refractivity contribution is 0.0725. The van der Waals surface area contributed by atoms with Crippen LogP contribution in [0.4, 0.5) is 0 Å². The van der Waals surface area contributed by atoms with Crippen LogP contribution in [0.1, 0.15) is 63.7 Å². The molecule has 0 atom stereocenters. The molecule has 0 aromatic heterocycles. The molecule has 1 aliphatic carbocycles. The van der Waals surface area contributed by atoms with Crippen molar-refractivity contribution in [1.82, 2.24) is 0 Å². The molecule has 0 heterocycles. The Morgan fingerprint density at radius 2 is 0.581 bits per heavy atom. The quantitative estimate of drug-likeness (QED) is 0.0639. The number of esters is 4. The minimum Gasteiger partial charge on any atom is -0.423 e. The first-order valence-electron chi connectivity index (χ1n) is 23.8. The molecular weight excluding hydrogens is 941 g/mol. The molecule has 0 aliphatic heterocycles. The van der Waals surface area contributed by atoms with Crippen molar-refractivity contribution in [3.63, 3.8) is 0 Å².